The lowest BCUT2D eigenvalue weighted by molar-refractivity contribution is 0.103. The van der Waals surface area contributed by atoms with Crippen molar-refractivity contribution in [2.45, 2.75) is 4.90 Å². The molecule has 0 atom stereocenters. The van der Waals surface area contributed by atoms with E-state index in [9.17, 15) is 28.0 Å². The molecule has 0 aliphatic carbocycles. The molecule has 9 heteroatoms. The van der Waals surface area contributed by atoms with Crippen molar-refractivity contribution in [3.63, 3.8) is 0 Å². The number of hydrogen-bond acceptors (Lipinski definition) is 5. The first-order valence-corrected chi connectivity index (χ1v) is 9.26. The third kappa shape index (κ3) is 3.07. The Kier molecular flexibility index (Phi) is 4.99. The highest BCUT2D eigenvalue weighted by atomic mass is 127. The van der Waals surface area contributed by atoms with Gasteiger partial charge in [-0.2, -0.15) is 8.42 Å². The molecule has 0 spiro atoms. The second-order valence-corrected chi connectivity index (χ2v) is 7.72. The van der Waals surface area contributed by atoms with Gasteiger partial charge in [0.15, 0.2) is 22.2 Å². The Bertz CT molecular complexity index is 862. The van der Waals surface area contributed by atoms with Gasteiger partial charge >= 0.3 is 0 Å². The van der Waals surface area contributed by atoms with E-state index in [0.717, 1.165) is 0 Å². The largest absolute Gasteiger partial charge is 0.503 e. The van der Waals surface area contributed by atoms with Crippen molar-refractivity contribution in [2.24, 2.45) is 0 Å². The highest BCUT2D eigenvalue weighted by Gasteiger charge is 2.32. The second kappa shape index (κ2) is 6.29. The molecule has 116 valence electrons. The maximum absolute atomic E-state index is 12.6. The summed E-state index contributed by atoms with van der Waals surface area (Å²) in [6.07, 6.45) is 0. The average molecular weight is 546 g/mol. The van der Waals surface area contributed by atoms with Gasteiger partial charge in [0, 0.05) is 9.13 Å². The fourth-order valence-corrected chi connectivity index (χ4v) is 4.10. The highest BCUT2D eigenvalue weighted by Crippen LogP contribution is 2.42. The van der Waals surface area contributed by atoms with Gasteiger partial charge in [-0.25, -0.2) is 0 Å². The Labute approximate surface area is 153 Å². The number of halogens is 2. The summed E-state index contributed by atoms with van der Waals surface area (Å²) in [5, 5.41) is 19.6. The first-order chi connectivity index (χ1) is 10.2. The van der Waals surface area contributed by atoms with Crippen LogP contribution in [0.1, 0.15) is 15.9 Å². The monoisotopic (exact) mass is 546 g/mol. The van der Waals surface area contributed by atoms with Crippen LogP contribution in [0.4, 0.5) is 0 Å². The van der Waals surface area contributed by atoms with E-state index in [1.54, 1.807) is 63.4 Å². The molecule has 0 fully saturated rings. The zero-order chi connectivity index (χ0) is 16.7. The van der Waals surface area contributed by atoms with Gasteiger partial charge in [0.05, 0.1) is 9.13 Å². The van der Waals surface area contributed by atoms with Crippen molar-refractivity contribution >= 4 is 61.1 Å². The molecule has 0 heterocycles. The van der Waals surface area contributed by atoms with Crippen molar-refractivity contribution in [1.29, 1.82) is 0 Å². The van der Waals surface area contributed by atoms with Crippen LogP contribution < -0.4 is 0 Å². The molecule has 22 heavy (non-hydrogen) atoms. The molecule has 3 N–H and O–H groups in total. The Morgan fingerprint density at radius 3 is 2.00 bits per heavy atom. The second-order valence-electron chi connectivity index (χ2n) is 4.20. The van der Waals surface area contributed by atoms with Crippen molar-refractivity contribution in [1.82, 2.24) is 0 Å². The van der Waals surface area contributed by atoms with E-state index in [1.165, 1.54) is 12.1 Å². The first-order valence-electron chi connectivity index (χ1n) is 5.66. The molecular weight excluding hydrogens is 538 g/mol. The van der Waals surface area contributed by atoms with E-state index in [2.05, 4.69) is 0 Å². The third-order valence-electron chi connectivity index (χ3n) is 2.81. The highest BCUT2D eigenvalue weighted by molar-refractivity contribution is 14.1. The smallest absolute Gasteiger partial charge is 0.299 e. The number of phenolic OH excluding ortho intramolecular Hbond substituents is 2. The van der Waals surface area contributed by atoms with Gasteiger partial charge in [-0.1, -0.05) is 30.3 Å². The number of carbonyl (C=O) groups is 1. The molecule has 0 bridgehead atoms. The summed E-state index contributed by atoms with van der Waals surface area (Å²) in [5.41, 5.74) is -0.194. The van der Waals surface area contributed by atoms with E-state index >= 15 is 0 Å². The minimum Gasteiger partial charge on any atom is -0.503 e. The van der Waals surface area contributed by atoms with Crippen molar-refractivity contribution < 1.29 is 28.0 Å². The van der Waals surface area contributed by atoms with Crippen LogP contribution in [0.2, 0.25) is 0 Å². The molecule has 0 aromatic heterocycles. The zero-order valence-electron chi connectivity index (χ0n) is 10.6. The Hall–Kier alpha value is -0.920. The molecule has 0 unspecified atom stereocenters. The molecular formula is C13H8I2O6S. The van der Waals surface area contributed by atoms with E-state index < -0.39 is 32.3 Å². The molecule has 0 saturated carbocycles. The number of carbonyl (C=O) groups excluding carboxylic acids is 1. The number of hydrogen-bond donors (Lipinski definition) is 3. The van der Waals surface area contributed by atoms with E-state index in [1.807, 2.05) is 0 Å². The molecule has 0 aliphatic heterocycles. The van der Waals surface area contributed by atoms with Crippen molar-refractivity contribution in [3.8, 4) is 11.5 Å². The molecule has 2 aromatic carbocycles. The lowest BCUT2D eigenvalue weighted by atomic mass is 10.0. The maximum Gasteiger partial charge on any atom is 0.299 e. The standard InChI is InChI=1S/C13H8I2O6S/c14-8-7(10(16)6-4-2-1-3-5-6)13(22(19,20)21)12(18)11(17)9(8)15/h1-5,17-18H,(H,19,20,21). The lowest BCUT2D eigenvalue weighted by Gasteiger charge is -2.14. The molecule has 0 amide bonds. The number of ketones is 1. The van der Waals surface area contributed by atoms with Gasteiger partial charge in [0.2, 0.25) is 0 Å². The molecule has 0 saturated heterocycles. The van der Waals surface area contributed by atoms with Crippen LogP contribution in [0.5, 0.6) is 11.5 Å². The van der Waals surface area contributed by atoms with E-state index in [4.69, 9.17) is 0 Å². The van der Waals surface area contributed by atoms with Gasteiger partial charge in [-0.05, 0) is 45.2 Å². The van der Waals surface area contributed by atoms with Crippen LogP contribution in [0, 0.1) is 7.14 Å². The molecule has 0 aliphatic rings. The van der Waals surface area contributed by atoms with Crippen LogP contribution in [-0.4, -0.2) is 29.0 Å². The Morgan fingerprint density at radius 2 is 1.50 bits per heavy atom. The predicted molar refractivity (Wildman–Crippen MR) is 94.9 cm³/mol. The summed E-state index contributed by atoms with van der Waals surface area (Å²) in [6.45, 7) is 0. The van der Waals surface area contributed by atoms with Crippen molar-refractivity contribution in [2.75, 3.05) is 0 Å². The third-order valence-corrected chi connectivity index (χ3v) is 6.88. The number of phenols is 2. The summed E-state index contributed by atoms with van der Waals surface area (Å²) in [4.78, 5) is 11.6. The van der Waals surface area contributed by atoms with Gasteiger partial charge in [-0.3, -0.25) is 9.35 Å². The number of benzene rings is 2. The Morgan fingerprint density at radius 1 is 0.955 bits per heavy atom. The van der Waals surface area contributed by atoms with Crippen LogP contribution >= 0.6 is 45.2 Å². The predicted octanol–water partition coefficient (Wildman–Crippen LogP) is 2.78. The van der Waals surface area contributed by atoms with E-state index in [-0.39, 0.29) is 18.3 Å². The lowest BCUT2D eigenvalue weighted by Crippen LogP contribution is -2.13. The van der Waals surface area contributed by atoms with Gasteiger partial charge < -0.3 is 10.2 Å². The minimum atomic E-state index is -4.92. The fourth-order valence-electron chi connectivity index (χ4n) is 1.83. The van der Waals surface area contributed by atoms with Crippen LogP contribution in [-0.2, 0) is 10.1 Å². The van der Waals surface area contributed by atoms with Crippen LogP contribution in [0.15, 0.2) is 35.2 Å². The molecule has 2 rings (SSSR count). The fraction of sp³-hybridized carbons (Fsp3) is 0. The maximum atomic E-state index is 12.6. The first kappa shape index (κ1) is 17.4. The number of rotatable bonds is 3. The normalized spacial score (nSPS) is 11.4. The number of aromatic hydroxyl groups is 2. The topological polar surface area (TPSA) is 112 Å². The minimum absolute atomic E-state index is 0.113. The van der Waals surface area contributed by atoms with Crippen LogP contribution in [0.25, 0.3) is 0 Å². The van der Waals surface area contributed by atoms with Gasteiger partial charge in [0.1, 0.15) is 0 Å². The molecule has 2 aromatic rings. The average Bonchev–Trinajstić information content (AvgIpc) is 2.47. The van der Waals surface area contributed by atoms with Gasteiger partial charge in [0.25, 0.3) is 10.1 Å². The van der Waals surface area contributed by atoms with Crippen molar-refractivity contribution in [3.05, 3.63) is 48.6 Å². The molecule has 0 radical (unpaired) electrons. The van der Waals surface area contributed by atoms with Crippen LogP contribution in [0.3, 0.4) is 0 Å². The van der Waals surface area contributed by atoms with E-state index in [0.29, 0.717) is 0 Å². The summed E-state index contributed by atoms with van der Waals surface area (Å²) in [6, 6.07) is 7.83. The zero-order valence-corrected chi connectivity index (χ0v) is 15.7. The summed E-state index contributed by atoms with van der Waals surface area (Å²) in [7, 11) is -4.92. The summed E-state index contributed by atoms with van der Waals surface area (Å²) < 4.78 is 32.7. The Balaban J connectivity index is 2.89. The summed E-state index contributed by atoms with van der Waals surface area (Å²) in [5.74, 6) is -2.44. The summed E-state index contributed by atoms with van der Waals surface area (Å²) >= 11 is 3.35. The quantitative estimate of drug-likeness (QED) is 0.237. The molecule has 6 nitrogen and oxygen atoms in total. The van der Waals surface area contributed by atoms with Gasteiger partial charge in [-0.15, -0.1) is 0 Å². The SMILES string of the molecule is O=C(c1ccccc1)c1c(I)c(I)c(O)c(O)c1S(=O)(=O)O.